The molecule has 0 aliphatic rings. The number of benzene rings is 1. The van der Waals surface area contributed by atoms with Crippen LogP contribution in [0.25, 0.3) is 0 Å². The second-order valence-corrected chi connectivity index (χ2v) is 10.0. The van der Waals surface area contributed by atoms with Crippen molar-refractivity contribution in [3.05, 3.63) is 52.3 Å². The fraction of sp³-hybridized carbons (Fsp3) is 0.519. The average Bonchev–Trinajstić information content (AvgIpc) is 3.31. The van der Waals surface area contributed by atoms with Crippen molar-refractivity contribution >= 4 is 29.7 Å². The standard InChI is InChI=1S/C27H36N4O10/c1-15(2)12-18(21(32)23-30-31(27(37)41-23)20(24(34)38-5)25(35)39-6)28-22(33)19(13-16(3)4)29-26(36)40-14-17-10-8-7-9-11-17/h7-11,15-16,18-20H,12-14H2,1-6H3,(H,28,33)(H,29,36). The van der Waals surface area contributed by atoms with Gasteiger partial charge in [0.2, 0.25) is 11.7 Å². The van der Waals surface area contributed by atoms with Gasteiger partial charge in [-0.15, -0.1) is 5.10 Å². The molecule has 0 bridgehead atoms. The van der Waals surface area contributed by atoms with Crippen LogP contribution in [0.3, 0.4) is 0 Å². The maximum absolute atomic E-state index is 13.3. The van der Waals surface area contributed by atoms with Crippen LogP contribution in [0.15, 0.2) is 39.5 Å². The van der Waals surface area contributed by atoms with Crippen molar-refractivity contribution in [2.45, 2.75) is 65.3 Å². The molecule has 2 amide bonds. The minimum Gasteiger partial charge on any atom is -0.467 e. The van der Waals surface area contributed by atoms with Crippen LogP contribution in [0.2, 0.25) is 0 Å². The number of nitrogens with one attached hydrogen (secondary N) is 2. The molecule has 0 aliphatic carbocycles. The van der Waals surface area contributed by atoms with Crippen molar-refractivity contribution in [3.63, 3.8) is 0 Å². The second-order valence-electron chi connectivity index (χ2n) is 10.0. The van der Waals surface area contributed by atoms with E-state index in [1.807, 2.05) is 19.9 Å². The lowest BCUT2D eigenvalue weighted by atomic mass is 9.98. The molecular formula is C27H36N4O10. The lowest BCUT2D eigenvalue weighted by Crippen LogP contribution is -2.52. The van der Waals surface area contributed by atoms with Gasteiger partial charge in [0.05, 0.1) is 20.3 Å². The minimum atomic E-state index is -1.94. The van der Waals surface area contributed by atoms with Gasteiger partial charge in [-0.05, 0) is 30.2 Å². The molecule has 2 N–H and O–H groups in total. The van der Waals surface area contributed by atoms with Crippen LogP contribution in [0, 0.1) is 11.8 Å². The predicted octanol–water partition coefficient (Wildman–Crippen LogP) is 1.78. The van der Waals surface area contributed by atoms with E-state index in [4.69, 9.17) is 9.15 Å². The number of hydrogen-bond acceptors (Lipinski definition) is 11. The highest BCUT2D eigenvalue weighted by Crippen LogP contribution is 2.14. The number of ketones is 1. The molecule has 0 spiro atoms. The fourth-order valence-corrected chi connectivity index (χ4v) is 3.80. The largest absolute Gasteiger partial charge is 0.467 e. The Morgan fingerprint density at radius 3 is 1.98 bits per heavy atom. The number of hydrogen-bond donors (Lipinski definition) is 2. The van der Waals surface area contributed by atoms with Gasteiger partial charge in [0.1, 0.15) is 12.6 Å². The summed E-state index contributed by atoms with van der Waals surface area (Å²) in [6.07, 6.45) is -0.466. The number of amides is 2. The van der Waals surface area contributed by atoms with Crippen molar-refractivity contribution in [3.8, 4) is 0 Å². The molecule has 0 fully saturated rings. The fourth-order valence-electron chi connectivity index (χ4n) is 3.80. The van der Waals surface area contributed by atoms with E-state index in [-0.39, 0.29) is 31.3 Å². The van der Waals surface area contributed by atoms with Crippen molar-refractivity contribution in [1.29, 1.82) is 0 Å². The molecule has 14 nitrogen and oxygen atoms in total. The summed E-state index contributed by atoms with van der Waals surface area (Å²) >= 11 is 0. The normalized spacial score (nSPS) is 12.5. The van der Waals surface area contributed by atoms with Gasteiger partial charge in [0.15, 0.2) is 0 Å². The van der Waals surface area contributed by atoms with E-state index < -0.39 is 59.5 Å². The zero-order valence-corrected chi connectivity index (χ0v) is 23.9. The first-order chi connectivity index (χ1) is 19.4. The Morgan fingerprint density at radius 2 is 1.44 bits per heavy atom. The molecule has 2 aromatic rings. The number of rotatable bonds is 14. The quantitative estimate of drug-likeness (QED) is 0.145. The molecule has 2 unspecified atom stereocenters. The Kier molecular flexibility index (Phi) is 12.2. The van der Waals surface area contributed by atoms with Gasteiger partial charge < -0.3 is 29.3 Å². The maximum Gasteiger partial charge on any atom is 0.438 e. The molecule has 0 aliphatic heterocycles. The summed E-state index contributed by atoms with van der Waals surface area (Å²) in [6.45, 7) is 7.31. The van der Waals surface area contributed by atoms with Crippen LogP contribution < -0.4 is 16.4 Å². The summed E-state index contributed by atoms with van der Waals surface area (Å²) in [7, 11) is 1.98. The van der Waals surface area contributed by atoms with E-state index in [0.29, 0.717) is 4.68 Å². The smallest absolute Gasteiger partial charge is 0.438 e. The number of carbonyl (C=O) groups excluding carboxylic acids is 5. The van der Waals surface area contributed by atoms with Crippen LogP contribution in [0.1, 0.15) is 62.8 Å². The Bertz CT molecular complexity index is 1250. The van der Waals surface area contributed by atoms with Gasteiger partial charge in [-0.2, -0.15) is 4.68 Å². The van der Waals surface area contributed by atoms with Crippen molar-refractivity contribution < 1.29 is 42.6 Å². The third kappa shape index (κ3) is 9.58. The Morgan fingerprint density at radius 1 is 0.878 bits per heavy atom. The van der Waals surface area contributed by atoms with Crippen LogP contribution in [0.4, 0.5) is 4.79 Å². The van der Waals surface area contributed by atoms with E-state index in [2.05, 4.69) is 25.2 Å². The number of ether oxygens (including phenoxy) is 3. The monoisotopic (exact) mass is 576 g/mol. The van der Waals surface area contributed by atoms with Crippen LogP contribution in [-0.4, -0.2) is 65.8 Å². The number of alkyl carbamates (subject to hydrolysis) is 1. The zero-order valence-electron chi connectivity index (χ0n) is 23.9. The van der Waals surface area contributed by atoms with Crippen LogP contribution in [-0.2, 0) is 35.2 Å². The molecule has 2 rings (SSSR count). The first-order valence-corrected chi connectivity index (χ1v) is 12.9. The lowest BCUT2D eigenvalue weighted by Gasteiger charge is -2.24. The van der Waals surface area contributed by atoms with E-state index in [9.17, 15) is 28.8 Å². The molecule has 0 radical (unpaired) electrons. The number of aromatic nitrogens is 2. The van der Waals surface area contributed by atoms with Crippen molar-refractivity contribution in [1.82, 2.24) is 20.4 Å². The number of nitrogens with zero attached hydrogens (tertiary/aromatic N) is 2. The van der Waals surface area contributed by atoms with E-state index >= 15 is 0 Å². The van der Waals surface area contributed by atoms with Gasteiger partial charge in [-0.1, -0.05) is 58.0 Å². The second kappa shape index (κ2) is 15.3. The SMILES string of the molecule is COC(=O)C(C(=O)OC)n1nc(C(=O)C(CC(C)C)NC(=O)C(CC(C)C)NC(=O)OCc2ccccc2)oc1=O. The molecule has 14 heteroatoms. The third-order valence-corrected chi connectivity index (χ3v) is 5.74. The highest BCUT2D eigenvalue weighted by atomic mass is 16.6. The predicted molar refractivity (Wildman–Crippen MR) is 143 cm³/mol. The molecule has 1 aromatic carbocycles. The topological polar surface area (TPSA) is 185 Å². The Balaban J connectivity index is 2.25. The summed E-state index contributed by atoms with van der Waals surface area (Å²) < 4.78 is 19.6. The van der Waals surface area contributed by atoms with Gasteiger partial charge in [-0.25, -0.2) is 19.2 Å². The molecule has 0 saturated heterocycles. The van der Waals surface area contributed by atoms with Crippen molar-refractivity contribution in [2.24, 2.45) is 11.8 Å². The molecular weight excluding hydrogens is 540 g/mol. The summed E-state index contributed by atoms with van der Waals surface area (Å²) in [4.78, 5) is 75.7. The molecule has 1 heterocycles. The van der Waals surface area contributed by atoms with Gasteiger partial charge in [0, 0.05) is 0 Å². The third-order valence-electron chi connectivity index (χ3n) is 5.74. The van der Waals surface area contributed by atoms with Gasteiger partial charge >= 0.3 is 23.8 Å². The highest BCUT2D eigenvalue weighted by Gasteiger charge is 2.37. The van der Waals surface area contributed by atoms with E-state index in [1.54, 1.807) is 38.1 Å². The average molecular weight is 577 g/mol. The van der Waals surface area contributed by atoms with E-state index in [1.165, 1.54) is 0 Å². The number of methoxy groups -OCH3 is 2. The van der Waals surface area contributed by atoms with Crippen LogP contribution in [0.5, 0.6) is 0 Å². The first-order valence-electron chi connectivity index (χ1n) is 12.9. The zero-order chi connectivity index (χ0) is 30.7. The molecule has 1 aromatic heterocycles. The summed E-state index contributed by atoms with van der Waals surface area (Å²) in [5.74, 6) is -6.03. The van der Waals surface area contributed by atoms with E-state index in [0.717, 1.165) is 19.8 Å². The number of esters is 2. The number of Topliss-reactive ketones (excluding diaryl/α,β-unsaturated/α-hetero) is 1. The first kappa shape index (κ1) is 32.7. The summed E-state index contributed by atoms with van der Waals surface area (Å²) in [6, 6.07) is 4.78. The summed E-state index contributed by atoms with van der Waals surface area (Å²) in [5, 5.41) is 8.87. The van der Waals surface area contributed by atoms with Gasteiger partial charge in [-0.3, -0.25) is 9.59 Å². The van der Waals surface area contributed by atoms with Crippen molar-refractivity contribution in [2.75, 3.05) is 14.2 Å². The molecule has 0 saturated carbocycles. The molecule has 2 atom stereocenters. The summed E-state index contributed by atoms with van der Waals surface area (Å²) in [5.41, 5.74) is 0.762. The highest BCUT2D eigenvalue weighted by molar-refractivity contribution is 6.00. The molecule has 224 valence electrons. The Hall–Kier alpha value is -4.49. The number of carbonyl (C=O) groups is 5. The maximum atomic E-state index is 13.3. The lowest BCUT2D eigenvalue weighted by molar-refractivity contribution is -0.158. The Labute approximate surface area is 236 Å². The van der Waals surface area contributed by atoms with Gasteiger partial charge in [0.25, 0.3) is 11.9 Å². The minimum absolute atomic E-state index is 0.00299. The van der Waals surface area contributed by atoms with Crippen LogP contribution >= 0.6 is 0 Å². The molecule has 41 heavy (non-hydrogen) atoms.